The number of amides is 2. The van der Waals surface area contributed by atoms with Gasteiger partial charge in [-0.25, -0.2) is 4.39 Å². The molecule has 0 radical (unpaired) electrons. The first-order chi connectivity index (χ1) is 13.0. The zero-order valence-electron chi connectivity index (χ0n) is 16.0. The Morgan fingerprint density at radius 3 is 2.41 bits per heavy atom. The second-order valence-corrected chi connectivity index (χ2v) is 7.98. The number of carbonyl (C=O) groups is 2. The summed E-state index contributed by atoms with van der Waals surface area (Å²) in [5.41, 5.74) is 6.35. The summed E-state index contributed by atoms with van der Waals surface area (Å²) in [4.78, 5) is 29.1. The summed E-state index contributed by atoms with van der Waals surface area (Å²) >= 11 is 0. The molecule has 1 saturated heterocycles. The van der Waals surface area contributed by atoms with Gasteiger partial charge in [0.1, 0.15) is 5.82 Å². The lowest BCUT2D eigenvalue weighted by Gasteiger charge is -2.37. The molecule has 1 heterocycles. The van der Waals surface area contributed by atoms with Crippen LogP contribution in [0.25, 0.3) is 0 Å². The average molecular weight is 375 g/mol. The quantitative estimate of drug-likeness (QED) is 0.880. The summed E-state index contributed by atoms with van der Waals surface area (Å²) < 4.78 is 13.4. The summed E-state index contributed by atoms with van der Waals surface area (Å²) in [7, 11) is 0. The molecule has 6 heteroatoms. The molecule has 1 aromatic rings. The van der Waals surface area contributed by atoms with Crippen molar-refractivity contribution >= 4 is 11.8 Å². The van der Waals surface area contributed by atoms with Gasteiger partial charge in [-0.2, -0.15) is 0 Å². The lowest BCUT2D eigenvalue weighted by Crippen LogP contribution is -2.42. The molecule has 1 saturated carbocycles. The molecule has 2 N–H and O–H groups in total. The Labute approximate surface area is 160 Å². The van der Waals surface area contributed by atoms with Gasteiger partial charge in [0, 0.05) is 38.2 Å². The van der Waals surface area contributed by atoms with Gasteiger partial charge in [0.2, 0.25) is 5.91 Å². The van der Waals surface area contributed by atoms with Crippen LogP contribution in [0.5, 0.6) is 0 Å². The van der Waals surface area contributed by atoms with Gasteiger partial charge in [0.15, 0.2) is 0 Å². The van der Waals surface area contributed by atoms with Gasteiger partial charge in [-0.3, -0.25) is 9.59 Å². The smallest absolute Gasteiger partial charge is 0.254 e. The largest absolute Gasteiger partial charge is 0.341 e. The molecular weight excluding hydrogens is 345 g/mol. The van der Waals surface area contributed by atoms with Crippen LogP contribution < -0.4 is 5.73 Å². The molecule has 0 unspecified atom stereocenters. The fourth-order valence-corrected chi connectivity index (χ4v) is 4.36. The minimum absolute atomic E-state index is 0.0429. The van der Waals surface area contributed by atoms with Crippen molar-refractivity contribution in [2.75, 3.05) is 32.7 Å². The fraction of sp³-hybridized carbons (Fsp3) is 0.619. The number of hydrogen-bond donors (Lipinski definition) is 1. The molecule has 148 valence electrons. The highest BCUT2D eigenvalue weighted by molar-refractivity contribution is 5.94. The summed E-state index contributed by atoms with van der Waals surface area (Å²) in [6, 6.07) is 5.78. The highest BCUT2D eigenvalue weighted by atomic mass is 19.1. The molecule has 1 aliphatic carbocycles. The maximum absolute atomic E-state index is 13.4. The van der Waals surface area contributed by atoms with Crippen molar-refractivity contribution < 1.29 is 14.0 Å². The lowest BCUT2D eigenvalue weighted by molar-refractivity contribution is -0.134. The normalized spacial score (nSPS) is 20.2. The minimum atomic E-state index is -0.410. The van der Waals surface area contributed by atoms with E-state index >= 15 is 0 Å². The Morgan fingerprint density at radius 1 is 1.00 bits per heavy atom. The lowest BCUT2D eigenvalue weighted by atomic mass is 9.71. The second kappa shape index (κ2) is 8.83. The molecule has 0 bridgehead atoms. The van der Waals surface area contributed by atoms with E-state index in [1.54, 1.807) is 17.0 Å². The molecule has 3 rings (SSSR count). The third-order valence-electron chi connectivity index (χ3n) is 6.08. The van der Waals surface area contributed by atoms with Gasteiger partial charge < -0.3 is 15.5 Å². The molecule has 1 aliphatic heterocycles. The molecule has 5 nitrogen and oxygen atoms in total. The van der Waals surface area contributed by atoms with Crippen molar-refractivity contribution in [1.82, 2.24) is 9.80 Å². The summed E-state index contributed by atoms with van der Waals surface area (Å²) in [6.45, 7) is 2.82. The van der Waals surface area contributed by atoms with Gasteiger partial charge in [0.25, 0.3) is 5.91 Å². The fourth-order valence-electron chi connectivity index (χ4n) is 4.36. The molecule has 27 heavy (non-hydrogen) atoms. The molecule has 2 aliphatic rings. The molecule has 0 aromatic heterocycles. The Hall–Kier alpha value is -1.95. The van der Waals surface area contributed by atoms with Crippen molar-refractivity contribution in [3.8, 4) is 0 Å². The van der Waals surface area contributed by atoms with Crippen molar-refractivity contribution in [1.29, 1.82) is 0 Å². The minimum Gasteiger partial charge on any atom is -0.341 e. The number of benzene rings is 1. The van der Waals surface area contributed by atoms with E-state index in [2.05, 4.69) is 0 Å². The monoisotopic (exact) mass is 375 g/mol. The highest BCUT2D eigenvalue weighted by Gasteiger charge is 2.35. The molecule has 1 aromatic carbocycles. The SMILES string of the molecule is NCC1(CC(=O)N2CCCN(C(=O)c3cccc(F)c3)CC2)CCCCC1. The van der Waals surface area contributed by atoms with Crippen LogP contribution in [0.2, 0.25) is 0 Å². The first-order valence-corrected chi connectivity index (χ1v) is 10.1. The summed E-state index contributed by atoms with van der Waals surface area (Å²) in [5.74, 6) is -0.427. The molecule has 2 amide bonds. The third-order valence-corrected chi connectivity index (χ3v) is 6.08. The predicted octanol–water partition coefficient (Wildman–Crippen LogP) is 2.80. The molecule has 0 atom stereocenters. The van der Waals surface area contributed by atoms with Crippen LogP contribution in [0, 0.1) is 11.2 Å². The van der Waals surface area contributed by atoms with Crippen LogP contribution >= 0.6 is 0 Å². The Kier molecular flexibility index (Phi) is 6.47. The standard InChI is InChI=1S/C21H30FN3O2/c22-18-7-4-6-17(14-18)20(27)25-11-5-10-24(12-13-25)19(26)15-21(16-23)8-2-1-3-9-21/h4,6-7,14H,1-3,5,8-13,15-16,23H2. The molecule has 0 spiro atoms. The van der Waals surface area contributed by atoms with E-state index in [1.807, 2.05) is 4.90 Å². The van der Waals surface area contributed by atoms with Crippen LogP contribution in [0.15, 0.2) is 24.3 Å². The molecular formula is C21H30FN3O2. The first kappa shape index (κ1) is 19.8. The number of nitrogens with zero attached hydrogens (tertiary/aromatic N) is 2. The summed E-state index contributed by atoms with van der Waals surface area (Å²) in [5, 5.41) is 0. The van der Waals surface area contributed by atoms with E-state index in [-0.39, 0.29) is 17.2 Å². The first-order valence-electron chi connectivity index (χ1n) is 10.1. The number of rotatable bonds is 4. The van der Waals surface area contributed by atoms with Crippen molar-refractivity contribution in [2.24, 2.45) is 11.1 Å². The van der Waals surface area contributed by atoms with Gasteiger partial charge in [-0.15, -0.1) is 0 Å². The third kappa shape index (κ3) is 4.86. The second-order valence-electron chi connectivity index (χ2n) is 7.98. The molecule has 2 fully saturated rings. The highest BCUT2D eigenvalue weighted by Crippen LogP contribution is 2.38. The Morgan fingerprint density at radius 2 is 1.70 bits per heavy atom. The maximum Gasteiger partial charge on any atom is 0.254 e. The number of halogens is 1. The summed E-state index contributed by atoms with van der Waals surface area (Å²) in [6.07, 6.45) is 6.86. The number of carbonyl (C=O) groups excluding carboxylic acids is 2. The van der Waals surface area contributed by atoms with E-state index in [0.717, 1.165) is 32.1 Å². The van der Waals surface area contributed by atoms with E-state index in [1.165, 1.54) is 18.6 Å². The van der Waals surface area contributed by atoms with E-state index in [4.69, 9.17) is 5.73 Å². The van der Waals surface area contributed by atoms with Crippen LogP contribution in [0.3, 0.4) is 0 Å². The van der Waals surface area contributed by atoms with Crippen LogP contribution in [-0.4, -0.2) is 54.3 Å². The van der Waals surface area contributed by atoms with Crippen LogP contribution in [0.4, 0.5) is 4.39 Å². The van der Waals surface area contributed by atoms with Gasteiger partial charge in [-0.05, 0) is 49.4 Å². The predicted molar refractivity (Wildman–Crippen MR) is 103 cm³/mol. The van der Waals surface area contributed by atoms with E-state index in [0.29, 0.717) is 44.7 Å². The van der Waals surface area contributed by atoms with Crippen molar-refractivity contribution in [3.05, 3.63) is 35.6 Å². The van der Waals surface area contributed by atoms with Gasteiger partial charge in [-0.1, -0.05) is 25.3 Å². The van der Waals surface area contributed by atoms with Crippen molar-refractivity contribution in [3.63, 3.8) is 0 Å². The van der Waals surface area contributed by atoms with E-state index in [9.17, 15) is 14.0 Å². The maximum atomic E-state index is 13.4. The van der Waals surface area contributed by atoms with Gasteiger partial charge in [0.05, 0.1) is 0 Å². The number of nitrogens with two attached hydrogens (primary N) is 1. The number of hydrogen-bond acceptors (Lipinski definition) is 3. The van der Waals surface area contributed by atoms with Crippen LogP contribution in [-0.2, 0) is 4.79 Å². The van der Waals surface area contributed by atoms with E-state index < -0.39 is 5.82 Å². The Balaban J connectivity index is 1.59. The zero-order chi connectivity index (χ0) is 19.3. The van der Waals surface area contributed by atoms with Gasteiger partial charge >= 0.3 is 0 Å². The topological polar surface area (TPSA) is 66.6 Å². The Bertz CT molecular complexity index is 673. The van der Waals surface area contributed by atoms with Crippen molar-refractivity contribution in [2.45, 2.75) is 44.9 Å². The van der Waals surface area contributed by atoms with Crippen LogP contribution in [0.1, 0.15) is 55.3 Å². The zero-order valence-corrected chi connectivity index (χ0v) is 16.0. The average Bonchev–Trinajstić information content (AvgIpc) is 2.94.